The van der Waals surface area contributed by atoms with Gasteiger partial charge in [0.15, 0.2) is 9.84 Å². The highest BCUT2D eigenvalue weighted by Gasteiger charge is 2.36. The maximum atomic E-state index is 11.3. The highest BCUT2D eigenvalue weighted by molar-refractivity contribution is 9.10. The zero-order valence-corrected chi connectivity index (χ0v) is 11.5. The Hall–Kier alpha value is -1.13. The van der Waals surface area contributed by atoms with Gasteiger partial charge in [0.2, 0.25) is 0 Å². The third-order valence-corrected chi connectivity index (χ3v) is 4.65. The number of halogens is 1. The smallest absolute Gasteiger partial charge is 0.153 e. The fourth-order valence-electron chi connectivity index (χ4n) is 1.65. The SMILES string of the molecule is CS(=O)(=O)C1CN(c2ncc(Br)cc2C#N)C1. The zero-order valence-electron chi connectivity index (χ0n) is 9.09. The minimum Gasteiger partial charge on any atom is -0.353 e. The van der Waals surface area contributed by atoms with E-state index in [-0.39, 0.29) is 5.25 Å². The summed E-state index contributed by atoms with van der Waals surface area (Å²) < 4.78 is 23.3. The van der Waals surface area contributed by atoms with Gasteiger partial charge in [-0.05, 0) is 22.0 Å². The molecular formula is C10H10BrN3O2S. The molecule has 1 aliphatic heterocycles. The van der Waals surface area contributed by atoms with E-state index in [2.05, 4.69) is 27.0 Å². The van der Waals surface area contributed by atoms with Crippen molar-refractivity contribution in [1.82, 2.24) is 4.98 Å². The van der Waals surface area contributed by atoms with Crippen molar-refractivity contribution in [2.24, 2.45) is 0 Å². The summed E-state index contributed by atoms with van der Waals surface area (Å²) in [6.07, 6.45) is 2.83. The summed E-state index contributed by atoms with van der Waals surface area (Å²) in [6, 6.07) is 3.73. The Kier molecular flexibility index (Phi) is 3.10. The van der Waals surface area contributed by atoms with E-state index in [9.17, 15) is 8.42 Å². The van der Waals surface area contributed by atoms with Crippen LogP contribution in [0.5, 0.6) is 0 Å². The van der Waals surface area contributed by atoms with Crippen molar-refractivity contribution in [1.29, 1.82) is 5.26 Å². The Labute approximate surface area is 108 Å². The summed E-state index contributed by atoms with van der Waals surface area (Å²) in [7, 11) is -3.00. The normalized spacial score (nSPS) is 16.4. The van der Waals surface area contributed by atoms with Crippen LogP contribution in [-0.4, -0.2) is 38.0 Å². The summed E-state index contributed by atoms with van der Waals surface area (Å²) in [5, 5.41) is 8.63. The van der Waals surface area contributed by atoms with E-state index >= 15 is 0 Å². The van der Waals surface area contributed by atoms with Crippen molar-refractivity contribution in [2.45, 2.75) is 5.25 Å². The predicted molar refractivity (Wildman–Crippen MR) is 67.5 cm³/mol. The summed E-state index contributed by atoms with van der Waals surface area (Å²) in [4.78, 5) is 5.95. The van der Waals surface area contributed by atoms with Crippen molar-refractivity contribution in [2.75, 3.05) is 24.2 Å². The van der Waals surface area contributed by atoms with Gasteiger partial charge >= 0.3 is 0 Å². The molecule has 7 heteroatoms. The number of hydrogen-bond acceptors (Lipinski definition) is 5. The Morgan fingerprint density at radius 2 is 2.24 bits per heavy atom. The van der Waals surface area contributed by atoms with Crippen molar-refractivity contribution in [3.05, 3.63) is 22.3 Å². The molecule has 1 saturated heterocycles. The Bertz CT molecular complexity index is 588. The van der Waals surface area contributed by atoms with Crippen molar-refractivity contribution < 1.29 is 8.42 Å². The van der Waals surface area contributed by atoms with Gasteiger partial charge in [-0.3, -0.25) is 0 Å². The standard InChI is InChI=1S/C10H10BrN3O2S/c1-17(15,16)9-5-14(6-9)10-7(3-12)2-8(11)4-13-10/h2,4,9H,5-6H2,1H3. The number of pyridine rings is 1. The molecule has 0 bridgehead atoms. The molecule has 1 aliphatic rings. The van der Waals surface area contributed by atoms with E-state index in [1.807, 2.05) is 0 Å². The van der Waals surface area contributed by atoms with Crippen molar-refractivity contribution in [3.8, 4) is 6.07 Å². The first kappa shape index (κ1) is 12.3. The Morgan fingerprint density at radius 3 is 2.76 bits per heavy atom. The van der Waals surface area contributed by atoms with Crippen LogP contribution in [0.3, 0.4) is 0 Å². The fourth-order valence-corrected chi connectivity index (χ4v) is 2.88. The zero-order chi connectivity index (χ0) is 12.6. The molecule has 0 unspecified atom stereocenters. The first-order valence-corrected chi connectivity index (χ1v) is 7.66. The van der Waals surface area contributed by atoms with Crippen LogP contribution in [0.4, 0.5) is 5.82 Å². The highest BCUT2D eigenvalue weighted by atomic mass is 79.9. The number of nitriles is 1. The van der Waals surface area contributed by atoms with E-state index in [0.717, 1.165) is 4.47 Å². The molecule has 0 atom stereocenters. The van der Waals surface area contributed by atoms with E-state index < -0.39 is 9.84 Å². The van der Waals surface area contributed by atoms with E-state index in [1.54, 1.807) is 17.2 Å². The lowest BCUT2D eigenvalue weighted by Crippen LogP contribution is -2.55. The molecule has 1 aromatic rings. The van der Waals surface area contributed by atoms with Gasteiger partial charge in [0, 0.05) is 30.0 Å². The summed E-state index contributed by atoms with van der Waals surface area (Å²) >= 11 is 3.24. The first-order valence-electron chi connectivity index (χ1n) is 4.91. The molecule has 90 valence electrons. The van der Waals surface area contributed by atoms with Crippen LogP contribution in [-0.2, 0) is 9.84 Å². The molecule has 1 aromatic heterocycles. The lowest BCUT2D eigenvalue weighted by Gasteiger charge is -2.39. The van der Waals surface area contributed by atoms with Gasteiger partial charge in [-0.25, -0.2) is 13.4 Å². The van der Waals surface area contributed by atoms with E-state index in [1.165, 1.54) is 6.26 Å². The third-order valence-electron chi connectivity index (χ3n) is 2.71. The average Bonchev–Trinajstić information content (AvgIpc) is 2.15. The summed E-state index contributed by atoms with van der Waals surface area (Å²) in [5.74, 6) is 0.551. The van der Waals surface area contributed by atoms with Crippen LogP contribution in [0.1, 0.15) is 5.56 Å². The Balaban J connectivity index is 2.20. The van der Waals surface area contributed by atoms with Crippen LogP contribution in [0.15, 0.2) is 16.7 Å². The second-order valence-corrected chi connectivity index (χ2v) is 7.23. The number of nitrogens with zero attached hydrogens (tertiary/aromatic N) is 3. The minimum absolute atomic E-state index is 0.348. The number of rotatable bonds is 2. The lowest BCUT2D eigenvalue weighted by atomic mass is 10.1. The predicted octanol–water partition coefficient (Wildman–Crippen LogP) is 0.949. The number of anilines is 1. The molecule has 0 aromatic carbocycles. The molecule has 0 amide bonds. The molecule has 0 N–H and O–H groups in total. The van der Waals surface area contributed by atoms with Gasteiger partial charge in [0.05, 0.1) is 10.8 Å². The third kappa shape index (κ3) is 2.42. The van der Waals surface area contributed by atoms with Gasteiger partial charge in [-0.2, -0.15) is 5.26 Å². The molecule has 0 aliphatic carbocycles. The van der Waals surface area contributed by atoms with Crippen LogP contribution < -0.4 is 4.90 Å². The fraction of sp³-hybridized carbons (Fsp3) is 0.400. The van der Waals surface area contributed by atoms with Gasteiger partial charge in [-0.15, -0.1) is 0 Å². The molecule has 17 heavy (non-hydrogen) atoms. The second kappa shape index (κ2) is 4.27. The van der Waals surface area contributed by atoms with Gasteiger partial charge in [-0.1, -0.05) is 0 Å². The summed E-state index contributed by atoms with van der Waals surface area (Å²) in [5.41, 5.74) is 0.450. The first-order chi connectivity index (χ1) is 7.91. The molecular weight excluding hydrogens is 306 g/mol. The Morgan fingerprint density at radius 1 is 1.59 bits per heavy atom. The van der Waals surface area contributed by atoms with Crippen LogP contribution >= 0.6 is 15.9 Å². The molecule has 5 nitrogen and oxygen atoms in total. The molecule has 1 fully saturated rings. The highest BCUT2D eigenvalue weighted by Crippen LogP contribution is 2.27. The van der Waals surface area contributed by atoms with Crippen LogP contribution in [0.25, 0.3) is 0 Å². The van der Waals surface area contributed by atoms with Gasteiger partial charge in [0.1, 0.15) is 11.9 Å². The molecule has 0 spiro atoms. The molecule has 2 rings (SSSR count). The molecule has 0 radical (unpaired) electrons. The largest absolute Gasteiger partial charge is 0.353 e. The molecule has 2 heterocycles. The van der Waals surface area contributed by atoms with Crippen molar-refractivity contribution in [3.63, 3.8) is 0 Å². The minimum atomic E-state index is -3.00. The lowest BCUT2D eigenvalue weighted by molar-refractivity contribution is 0.544. The van der Waals surface area contributed by atoms with Crippen molar-refractivity contribution >= 4 is 31.6 Å². The monoisotopic (exact) mass is 315 g/mol. The molecule has 0 saturated carbocycles. The van der Waals surface area contributed by atoms with E-state index in [0.29, 0.717) is 24.5 Å². The number of hydrogen-bond donors (Lipinski definition) is 0. The maximum absolute atomic E-state index is 11.3. The quantitative estimate of drug-likeness (QED) is 0.812. The van der Waals surface area contributed by atoms with Crippen LogP contribution in [0.2, 0.25) is 0 Å². The van der Waals surface area contributed by atoms with E-state index in [4.69, 9.17) is 5.26 Å². The summed E-state index contributed by atoms with van der Waals surface area (Å²) in [6.45, 7) is 0.810. The maximum Gasteiger partial charge on any atom is 0.153 e. The van der Waals surface area contributed by atoms with Gasteiger partial charge in [0.25, 0.3) is 0 Å². The van der Waals surface area contributed by atoms with Gasteiger partial charge < -0.3 is 4.90 Å². The number of sulfone groups is 1. The average molecular weight is 316 g/mol. The topological polar surface area (TPSA) is 74.1 Å². The second-order valence-electron chi connectivity index (χ2n) is 3.99. The number of aromatic nitrogens is 1. The van der Waals surface area contributed by atoms with Crippen LogP contribution in [0, 0.1) is 11.3 Å².